The van der Waals surface area contributed by atoms with E-state index < -0.39 is 17.6 Å². The summed E-state index contributed by atoms with van der Waals surface area (Å²) in [5.74, 6) is -1.10. The van der Waals surface area contributed by atoms with Crippen LogP contribution in [0.4, 0.5) is 0 Å². The van der Waals surface area contributed by atoms with Gasteiger partial charge in [-0.05, 0) is 41.5 Å². The molecule has 0 aliphatic carbocycles. The Hall–Kier alpha value is -2.42. The molecule has 1 aliphatic rings. The van der Waals surface area contributed by atoms with Crippen molar-refractivity contribution in [2.45, 2.75) is 18.9 Å². The fourth-order valence-electron chi connectivity index (χ4n) is 3.29. The highest BCUT2D eigenvalue weighted by molar-refractivity contribution is 6.40. The molecule has 0 fully saturated rings. The van der Waals surface area contributed by atoms with Gasteiger partial charge in [-0.3, -0.25) is 9.36 Å². The first-order valence-corrected chi connectivity index (χ1v) is 8.92. The van der Waals surface area contributed by atoms with E-state index in [2.05, 4.69) is 15.5 Å². The van der Waals surface area contributed by atoms with Crippen molar-refractivity contribution < 1.29 is 9.90 Å². The second-order valence-electron chi connectivity index (χ2n) is 5.93. The number of hydrogen-bond donors (Lipinski definition) is 1. The van der Waals surface area contributed by atoms with Crippen LogP contribution in [0.5, 0.6) is 0 Å². The van der Waals surface area contributed by atoms with Crippen LogP contribution >= 0.6 is 34.8 Å². The molecule has 2 aromatic heterocycles. The van der Waals surface area contributed by atoms with Crippen molar-refractivity contribution in [3.05, 3.63) is 55.6 Å². The minimum absolute atomic E-state index is 0.187. The molecule has 3 aromatic rings. The molecule has 3 heterocycles. The number of aliphatic carboxylic acids is 1. The zero-order chi connectivity index (χ0) is 19.3. The van der Waals surface area contributed by atoms with E-state index >= 15 is 0 Å². The number of fused-ring (bicyclic) bond motifs is 1. The monoisotopic (exact) mass is 425 g/mol. The summed E-state index contributed by atoms with van der Waals surface area (Å²) in [6, 6.07) is 3.93. The Morgan fingerprint density at radius 3 is 2.67 bits per heavy atom. The van der Waals surface area contributed by atoms with Crippen molar-refractivity contribution in [2.24, 2.45) is 0 Å². The molecule has 11 heteroatoms. The molecule has 1 N–H and O–H groups in total. The molecule has 27 heavy (non-hydrogen) atoms. The maximum atomic E-state index is 12.8. The van der Waals surface area contributed by atoms with Crippen LogP contribution in [0, 0.1) is 0 Å². The predicted molar refractivity (Wildman–Crippen MR) is 98.9 cm³/mol. The Morgan fingerprint density at radius 2 is 2.00 bits per heavy atom. The van der Waals surface area contributed by atoms with Crippen LogP contribution in [0.3, 0.4) is 0 Å². The molecule has 1 aromatic carbocycles. The predicted octanol–water partition coefficient (Wildman–Crippen LogP) is 3.02. The number of nitrogens with zero attached hydrogens (tertiary/aromatic N) is 5. The van der Waals surface area contributed by atoms with Gasteiger partial charge in [0.05, 0.1) is 10.7 Å². The Balaban J connectivity index is 2.03. The third kappa shape index (κ3) is 2.80. The molecule has 0 bridgehead atoms. The molecule has 0 saturated carbocycles. The number of carboxylic acids is 1. The molecular weight excluding hydrogens is 417 g/mol. The van der Waals surface area contributed by atoms with Gasteiger partial charge in [-0.15, -0.1) is 5.10 Å². The Kier molecular flexibility index (Phi) is 4.41. The highest BCUT2D eigenvalue weighted by Crippen LogP contribution is 2.42. The summed E-state index contributed by atoms with van der Waals surface area (Å²) in [5, 5.41) is 20.9. The molecule has 0 radical (unpaired) electrons. The van der Waals surface area contributed by atoms with Crippen molar-refractivity contribution in [2.75, 3.05) is 0 Å². The second-order valence-corrected chi connectivity index (χ2v) is 7.13. The summed E-state index contributed by atoms with van der Waals surface area (Å²) < 4.78 is 2.54. The fourth-order valence-corrected chi connectivity index (χ4v) is 4.18. The molecule has 0 spiro atoms. The van der Waals surface area contributed by atoms with Crippen LogP contribution in [-0.2, 0) is 11.2 Å². The molecule has 0 amide bonds. The number of halogens is 3. The number of tetrazole rings is 1. The average molecular weight is 427 g/mol. The number of rotatable bonds is 3. The third-order valence-electron chi connectivity index (χ3n) is 4.46. The van der Waals surface area contributed by atoms with Gasteiger partial charge in [0.1, 0.15) is 17.4 Å². The summed E-state index contributed by atoms with van der Waals surface area (Å²) in [5.41, 5.74) is 1.07. The number of aromatic nitrogens is 5. The highest BCUT2D eigenvalue weighted by Gasteiger charge is 2.34. The van der Waals surface area contributed by atoms with Gasteiger partial charge in [0.15, 0.2) is 0 Å². The number of hydrogen-bond acceptors (Lipinski definition) is 5. The SMILES string of the molecule is O=C(O)[C@@H]1CCc2c(Cl)c(-c3cc(Cl)ccc3-n3cnnn3)c(Cl)c(=O)n21. The summed E-state index contributed by atoms with van der Waals surface area (Å²) in [6.45, 7) is 0. The molecular formula is C16H10Cl3N5O3. The average Bonchev–Trinajstić information content (AvgIpc) is 3.30. The number of carboxylic acid groups (broad SMARTS) is 1. The van der Waals surface area contributed by atoms with Crippen LogP contribution in [0.2, 0.25) is 15.1 Å². The van der Waals surface area contributed by atoms with Crippen molar-refractivity contribution in [3.63, 3.8) is 0 Å². The van der Waals surface area contributed by atoms with Crippen LogP contribution in [0.1, 0.15) is 18.2 Å². The van der Waals surface area contributed by atoms with Crippen LogP contribution in [0.25, 0.3) is 16.8 Å². The number of benzene rings is 1. The zero-order valence-electron chi connectivity index (χ0n) is 13.4. The van der Waals surface area contributed by atoms with Gasteiger partial charge in [0.25, 0.3) is 5.56 Å². The molecule has 1 aliphatic heterocycles. The first-order chi connectivity index (χ1) is 12.9. The standard InChI is InChI=1S/C16H10Cl3N5O3/c17-7-1-2-9(23-6-20-21-22-23)8(5-7)12-13(18)10-3-4-11(16(26)27)24(10)15(25)14(12)19/h1-2,5-6,11H,3-4H2,(H,26,27)/t11-/m0/s1. The smallest absolute Gasteiger partial charge is 0.326 e. The van der Waals surface area contributed by atoms with E-state index in [1.54, 1.807) is 18.2 Å². The summed E-state index contributed by atoms with van der Waals surface area (Å²) in [7, 11) is 0. The number of carbonyl (C=O) groups is 1. The normalized spacial score (nSPS) is 15.7. The van der Waals surface area contributed by atoms with E-state index in [1.807, 2.05) is 0 Å². The number of pyridine rings is 1. The first-order valence-electron chi connectivity index (χ1n) is 7.78. The van der Waals surface area contributed by atoms with Gasteiger partial charge in [0.2, 0.25) is 0 Å². The lowest BCUT2D eigenvalue weighted by Crippen LogP contribution is -2.28. The maximum absolute atomic E-state index is 12.8. The minimum Gasteiger partial charge on any atom is -0.480 e. The molecule has 138 valence electrons. The Morgan fingerprint density at radius 1 is 1.22 bits per heavy atom. The lowest BCUT2D eigenvalue weighted by atomic mass is 10.0. The van der Waals surface area contributed by atoms with Gasteiger partial charge in [0, 0.05) is 21.8 Å². The molecule has 1 atom stereocenters. The van der Waals surface area contributed by atoms with Crippen molar-refractivity contribution in [1.82, 2.24) is 24.8 Å². The van der Waals surface area contributed by atoms with E-state index in [9.17, 15) is 14.7 Å². The zero-order valence-corrected chi connectivity index (χ0v) is 15.7. The van der Waals surface area contributed by atoms with E-state index in [1.165, 1.54) is 11.0 Å². The Bertz CT molecular complexity index is 1130. The first kappa shape index (κ1) is 18.0. The largest absolute Gasteiger partial charge is 0.480 e. The lowest BCUT2D eigenvalue weighted by molar-refractivity contribution is -0.140. The maximum Gasteiger partial charge on any atom is 0.326 e. The summed E-state index contributed by atoms with van der Waals surface area (Å²) in [4.78, 5) is 24.3. The van der Waals surface area contributed by atoms with Crippen molar-refractivity contribution >= 4 is 40.8 Å². The van der Waals surface area contributed by atoms with E-state index in [0.29, 0.717) is 28.4 Å². The van der Waals surface area contributed by atoms with Gasteiger partial charge >= 0.3 is 5.97 Å². The summed E-state index contributed by atoms with van der Waals surface area (Å²) >= 11 is 19.1. The Labute approximate surface area is 166 Å². The molecule has 4 rings (SSSR count). The van der Waals surface area contributed by atoms with Crippen LogP contribution < -0.4 is 5.56 Å². The molecule has 0 unspecified atom stereocenters. The third-order valence-corrected chi connectivity index (χ3v) is 5.46. The quantitative estimate of drug-likeness (QED) is 0.690. The van der Waals surface area contributed by atoms with Gasteiger partial charge in [-0.25, -0.2) is 4.79 Å². The van der Waals surface area contributed by atoms with Crippen LogP contribution in [-0.4, -0.2) is 35.9 Å². The summed E-state index contributed by atoms with van der Waals surface area (Å²) in [6.07, 6.45) is 1.99. The second kappa shape index (κ2) is 6.63. The molecule has 8 nitrogen and oxygen atoms in total. The highest BCUT2D eigenvalue weighted by atomic mass is 35.5. The van der Waals surface area contributed by atoms with Crippen molar-refractivity contribution in [1.29, 1.82) is 0 Å². The lowest BCUT2D eigenvalue weighted by Gasteiger charge is -2.17. The van der Waals surface area contributed by atoms with E-state index in [0.717, 1.165) is 4.57 Å². The van der Waals surface area contributed by atoms with Gasteiger partial charge in [-0.1, -0.05) is 34.8 Å². The topological polar surface area (TPSA) is 103 Å². The van der Waals surface area contributed by atoms with Gasteiger partial charge < -0.3 is 5.11 Å². The fraction of sp³-hybridized carbons (Fsp3) is 0.188. The van der Waals surface area contributed by atoms with Crippen molar-refractivity contribution in [3.8, 4) is 16.8 Å². The van der Waals surface area contributed by atoms with Gasteiger partial charge in [-0.2, -0.15) is 4.68 Å². The molecule has 0 saturated heterocycles. The van der Waals surface area contributed by atoms with E-state index in [-0.39, 0.29) is 22.0 Å². The van der Waals surface area contributed by atoms with Crippen LogP contribution in [0.15, 0.2) is 29.3 Å². The van der Waals surface area contributed by atoms with E-state index in [4.69, 9.17) is 34.8 Å². The minimum atomic E-state index is -1.10.